The number of rotatable bonds is 3. The quantitative estimate of drug-likeness (QED) is 0.917. The maximum atomic E-state index is 8.99. The second-order valence-corrected chi connectivity index (χ2v) is 6.18. The molecule has 2 fully saturated rings. The van der Waals surface area contributed by atoms with Crippen molar-refractivity contribution in [1.82, 2.24) is 10.2 Å². The van der Waals surface area contributed by atoms with E-state index in [2.05, 4.69) is 29.3 Å². The summed E-state index contributed by atoms with van der Waals surface area (Å²) in [6.45, 7) is 4.75. The second kappa shape index (κ2) is 5.95. The molecule has 0 aromatic heterocycles. The minimum absolute atomic E-state index is 0.321. The van der Waals surface area contributed by atoms with E-state index in [4.69, 9.17) is 5.26 Å². The maximum Gasteiger partial charge on any atom is 0.0991 e. The fraction of sp³-hybridized carbons (Fsp3) is 0.588. The first-order chi connectivity index (χ1) is 9.76. The van der Waals surface area contributed by atoms with Gasteiger partial charge in [-0.1, -0.05) is 12.1 Å². The van der Waals surface area contributed by atoms with Gasteiger partial charge in [-0.3, -0.25) is 0 Å². The molecule has 2 saturated heterocycles. The molecule has 3 nitrogen and oxygen atoms in total. The lowest BCUT2D eigenvalue weighted by molar-refractivity contribution is 0.162. The molecular formula is C17H23N3. The van der Waals surface area contributed by atoms with Crippen molar-refractivity contribution in [2.75, 3.05) is 13.1 Å². The molecule has 3 rings (SSSR count). The molecule has 2 aliphatic rings. The Labute approximate surface area is 121 Å². The van der Waals surface area contributed by atoms with Crippen LogP contribution < -0.4 is 5.32 Å². The van der Waals surface area contributed by atoms with E-state index in [1.165, 1.54) is 44.3 Å². The molecule has 2 heterocycles. The van der Waals surface area contributed by atoms with Gasteiger partial charge in [0, 0.05) is 18.1 Å². The Balaban J connectivity index is 1.61. The van der Waals surface area contributed by atoms with Crippen LogP contribution in [0.25, 0.3) is 0 Å². The largest absolute Gasteiger partial charge is 0.307 e. The van der Waals surface area contributed by atoms with Crippen LogP contribution in [0.2, 0.25) is 0 Å². The van der Waals surface area contributed by atoms with E-state index >= 15 is 0 Å². The molecule has 0 spiro atoms. The summed E-state index contributed by atoms with van der Waals surface area (Å²) >= 11 is 0. The van der Waals surface area contributed by atoms with Crippen LogP contribution >= 0.6 is 0 Å². The van der Waals surface area contributed by atoms with Gasteiger partial charge >= 0.3 is 0 Å². The average Bonchev–Trinajstić information content (AvgIpc) is 2.95. The molecule has 1 aromatic rings. The van der Waals surface area contributed by atoms with Crippen molar-refractivity contribution in [3.63, 3.8) is 0 Å². The molecule has 20 heavy (non-hydrogen) atoms. The van der Waals surface area contributed by atoms with E-state index in [1.54, 1.807) is 0 Å². The lowest BCUT2D eigenvalue weighted by Crippen LogP contribution is -2.46. The Kier molecular flexibility index (Phi) is 4.05. The second-order valence-electron chi connectivity index (χ2n) is 6.18. The third-order valence-corrected chi connectivity index (χ3v) is 4.82. The van der Waals surface area contributed by atoms with Crippen molar-refractivity contribution in [1.29, 1.82) is 5.26 Å². The SMILES string of the molecule is CC(NC1CCN2CCCC2C1)c1cccc(C#N)c1. The van der Waals surface area contributed by atoms with E-state index in [0.29, 0.717) is 12.1 Å². The number of piperidine rings is 1. The Bertz CT molecular complexity index is 505. The van der Waals surface area contributed by atoms with E-state index in [9.17, 15) is 0 Å². The highest BCUT2D eigenvalue weighted by molar-refractivity contribution is 5.34. The van der Waals surface area contributed by atoms with Gasteiger partial charge in [0.1, 0.15) is 0 Å². The molecule has 0 aliphatic carbocycles. The smallest absolute Gasteiger partial charge is 0.0991 e. The zero-order chi connectivity index (χ0) is 13.9. The molecule has 3 heteroatoms. The molecule has 0 radical (unpaired) electrons. The first kappa shape index (κ1) is 13.6. The summed E-state index contributed by atoms with van der Waals surface area (Å²) in [5, 5.41) is 12.8. The van der Waals surface area contributed by atoms with Gasteiger partial charge in [0.15, 0.2) is 0 Å². The zero-order valence-electron chi connectivity index (χ0n) is 12.2. The van der Waals surface area contributed by atoms with Gasteiger partial charge in [-0.15, -0.1) is 0 Å². The molecule has 0 bridgehead atoms. The molecule has 2 aliphatic heterocycles. The number of hydrogen-bond donors (Lipinski definition) is 1. The maximum absolute atomic E-state index is 8.99. The highest BCUT2D eigenvalue weighted by atomic mass is 15.2. The highest BCUT2D eigenvalue weighted by Gasteiger charge is 2.31. The summed E-state index contributed by atoms with van der Waals surface area (Å²) in [4.78, 5) is 2.65. The lowest BCUT2D eigenvalue weighted by Gasteiger charge is -2.36. The van der Waals surface area contributed by atoms with Gasteiger partial charge in [0.25, 0.3) is 0 Å². The van der Waals surface area contributed by atoms with Crippen LogP contribution in [0, 0.1) is 11.3 Å². The Morgan fingerprint density at radius 1 is 1.35 bits per heavy atom. The third kappa shape index (κ3) is 2.87. The van der Waals surface area contributed by atoms with Crippen molar-refractivity contribution < 1.29 is 0 Å². The van der Waals surface area contributed by atoms with Crippen molar-refractivity contribution in [3.8, 4) is 6.07 Å². The van der Waals surface area contributed by atoms with Crippen molar-refractivity contribution >= 4 is 0 Å². The fourth-order valence-corrected chi connectivity index (χ4v) is 3.70. The first-order valence-corrected chi connectivity index (χ1v) is 7.76. The molecule has 0 saturated carbocycles. The Morgan fingerprint density at radius 2 is 2.25 bits per heavy atom. The van der Waals surface area contributed by atoms with Crippen LogP contribution in [0.15, 0.2) is 24.3 Å². The topological polar surface area (TPSA) is 39.1 Å². The highest BCUT2D eigenvalue weighted by Crippen LogP contribution is 2.28. The van der Waals surface area contributed by atoms with Crippen LogP contribution in [-0.4, -0.2) is 30.1 Å². The average molecular weight is 269 g/mol. The van der Waals surface area contributed by atoms with E-state index in [-0.39, 0.29) is 0 Å². The van der Waals surface area contributed by atoms with Crippen molar-refractivity contribution in [2.24, 2.45) is 0 Å². The lowest BCUT2D eigenvalue weighted by atomic mass is 9.96. The van der Waals surface area contributed by atoms with Gasteiger partial charge in [-0.25, -0.2) is 0 Å². The standard InChI is InChI=1S/C17H23N3/c1-13(15-5-2-4-14(10-15)12-18)19-16-7-9-20-8-3-6-17(20)11-16/h2,4-5,10,13,16-17,19H,3,6-9,11H2,1H3. The van der Waals surface area contributed by atoms with Crippen LogP contribution in [0.4, 0.5) is 0 Å². The van der Waals surface area contributed by atoms with E-state index in [1.807, 2.05) is 18.2 Å². The minimum Gasteiger partial charge on any atom is -0.307 e. The summed E-state index contributed by atoms with van der Waals surface area (Å²) in [7, 11) is 0. The zero-order valence-corrected chi connectivity index (χ0v) is 12.2. The van der Waals surface area contributed by atoms with E-state index in [0.717, 1.165) is 11.6 Å². The molecule has 3 unspecified atom stereocenters. The summed E-state index contributed by atoms with van der Waals surface area (Å²) in [5.74, 6) is 0. The molecule has 1 N–H and O–H groups in total. The number of nitrogens with one attached hydrogen (secondary N) is 1. The van der Waals surface area contributed by atoms with Crippen LogP contribution in [0.1, 0.15) is 49.8 Å². The normalized spacial score (nSPS) is 27.8. The number of hydrogen-bond acceptors (Lipinski definition) is 3. The van der Waals surface area contributed by atoms with Crippen LogP contribution in [0.3, 0.4) is 0 Å². The number of fused-ring (bicyclic) bond motifs is 1. The van der Waals surface area contributed by atoms with Gasteiger partial charge in [-0.05, 0) is 63.4 Å². The van der Waals surface area contributed by atoms with Gasteiger partial charge in [0.05, 0.1) is 11.6 Å². The van der Waals surface area contributed by atoms with Crippen LogP contribution in [-0.2, 0) is 0 Å². The number of nitrogens with zero attached hydrogens (tertiary/aromatic N) is 2. The predicted molar refractivity (Wildman–Crippen MR) is 80.3 cm³/mol. The van der Waals surface area contributed by atoms with Crippen LogP contribution in [0.5, 0.6) is 0 Å². The first-order valence-electron chi connectivity index (χ1n) is 7.76. The number of benzene rings is 1. The third-order valence-electron chi connectivity index (χ3n) is 4.82. The molecule has 106 valence electrons. The Morgan fingerprint density at radius 3 is 3.10 bits per heavy atom. The molecular weight excluding hydrogens is 246 g/mol. The van der Waals surface area contributed by atoms with Gasteiger partial charge in [-0.2, -0.15) is 5.26 Å². The fourth-order valence-electron chi connectivity index (χ4n) is 3.70. The summed E-state index contributed by atoms with van der Waals surface area (Å²) in [6.07, 6.45) is 5.27. The molecule has 1 aromatic carbocycles. The molecule has 0 amide bonds. The monoisotopic (exact) mass is 269 g/mol. The summed E-state index contributed by atoms with van der Waals surface area (Å²) in [5.41, 5.74) is 1.97. The minimum atomic E-state index is 0.321. The summed E-state index contributed by atoms with van der Waals surface area (Å²) < 4.78 is 0. The van der Waals surface area contributed by atoms with Gasteiger partial charge in [0.2, 0.25) is 0 Å². The summed E-state index contributed by atoms with van der Waals surface area (Å²) in [6, 6.07) is 11.9. The predicted octanol–water partition coefficient (Wildman–Crippen LogP) is 2.84. The van der Waals surface area contributed by atoms with Gasteiger partial charge < -0.3 is 10.2 Å². The van der Waals surface area contributed by atoms with Crippen molar-refractivity contribution in [3.05, 3.63) is 35.4 Å². The number of nitriles is 1. The Hall–Kier alpha value is -1.37. The molecule has 3 atom stereocenters. The van der Waals surface area contributed by atoms with Crippen molar-refractivity contribution in [2.45, 2.75) is 50.7 Å². The van der Waals surface area contributed by atoms with E-state index < -0.39 is 0 Å².